The predicted molar refractivity (Wildman–Crippen MR) is 68.9 cm³/mol. The summed E-state index contributed by atoms with van der Waals surface area (Å²) in [4.78, 5) is 50.1. The summed E-state index contributed by atoms with van der Waals surface area (Å²) in [6.07, 6.45) is 1.80. The lowest BCUT2D eigenvalue weighted by molar-refractivity contribution is -0.197. The number of rotatable bonds is 7. The first-order valence-corrected chi connectivity index (χ1v) is 6.80. The largest absolute Gasteiger partial charge is 0.354 e. The molecule has 1 aliphatic heterocycles. The summed E-state index contributed by atoms with van der Waals surface area (Å²) < 4.78 is 0. The Morgan fingerprint density at radius 2 is 1.85 bits per heavy atom. The highest BCUT2D eigenvalue weighted by atomic mass is 16.7. The van der Waals surface area contributed by atoms with Crippen LogP contribution < -0.4 is 5.32 Å². The number of hydrogen-bond acceptors (Lipinski definition) is 5. The zero-order valence-corrected chi connectivity index (χ0v) is 11.8. The van der Waals surface area contributed by atoms with Crippen molar-refractivity contribution < 1.29 is 24.0 Å². The van der Waals surface area contributed by atoms with E-state index in [1.807, 2.05) is 6.92 Å². The maximum absolute atomic E-state index is 11.5. The monoisotopic (exact) mass is 284 g/mol. The molecule has 1 aliphatic rings. The van der Waals surface area contributed by atoms with E-state index < -0.39 is 17.8 Å². The fourth-order valence-corrected chi connectivity index (χ4v) is 1.79. The Kier molecular flexibility index (Phi) is 6.14. The van der Waals surface area contributed by atoms with Crippen molar-refractivity contribution in [2.75, 3.05) is 0 Å². The van der Waals surface area contributed by atoms with Gasteiger partial charge in [-0.1, -0.05) is 6.92 Å². The van der Waals surface area contributed by atoms with Gasteiger partial charge in [0.25, 0.3) is 11.8 Å². The second-order valence-electron chi connectivity index (χ2n) is 4.80. The summed E-state index contributed by atoms with van der Waals surface area (Å²) in [7, 11) is 0. The minimum absolute atomic E-state index is 0.0324. The van der Waals surface area contributed by atoms with Gasteiger partial charge in [-0.15, -0.1) is 5.06 Å². The summed E-state index contributed by atoms with van der Waals surface area (Å²) >= 11 is 0. The smallest absolute Gasteiger partial charge is 0.333 e. The molecule has 0 radical (unpaired) electrons. The van der Waals surface area contributed by atoms with Crippen molar-refractivity contribution >= 4 is 23.7 Å². The molecule has 1 N–H and O–H groups in total. The number of nitrogens with one attached hydrogen (secondary N) is 1. The number of imide groups is 1. The number of hydrogen-bond donors (Lipinski definition) is 1. The lowest BCUT2D eigenvalue weighted by atomic mass is 10.2. The Morgan fingerprint density at radius 1 is 1.25 bits per heavy atom. The zero-order chi connectivity index (χ0) is 15.1. The van der Waals surface area contributed by atoms with Gasteiger partial charge >= 0.3 is 5.97 Å². The molecule has 1 saturated heterocycles. The van der Waals surface area contributed by atoms with E-state index in [0.29, 0.717) is 17.9 Å². The second-order valence-corrected chi connectivity index (χ2v) is 4.80. The number of hydroxylamine groups is 2. The highest BCUT2D eigenvalue weighted by Gasteiger charge is 2.32. The fraction of sp³-hybridized carbons (Fsp3) is 0.692. The van der Waals surface area contributed by atoms with Crippen LogP contribution in [0.4, 0.5) is 0 Å². The number of amides is 3. The van der Waals surface area contributed by atoms with E-state index in [0.717, 1.165) is 6.42 Å². The predicted octanol–water partition coefficient (Wildman–Crippen LogP) is 0.679. The van der Waals surface area contributed by atoms with Crippen molar-refractivity contribution in [1.29, 1.82) is 0 Å². The molecule has 1 fully saturated rings. The summed E-state index contributed by atoms with van der Waals surface area (Å²) in [5.74, 6) is -1.69. The van der Waals surface area contributed by atoms with Gasteiger partial charge < -0.3 is 10.2 Å². The van der Waals surface area contributed by atoms with Crippen molar-refractivity contribution in [3.8, 4) is 0 Å². The summed E-state index contributed by atoms with van der Waals surface area (Å²) in [5.41, 5.74) is 0. The molecule has 0 aromatic carbocycles. The molecule has 0 saturated carbocycles. The van der Waals surface area contributed by atoms with Crippen LogP contribution in [-0.2, 0) is 24.0 Å². The maximum Gasteiger partial charge on any atom is 0.333 e. The minimum atomic E-state index is -0.648. The van der Waals surface area contributed by atoms with Crippen LogP contribution in [0.15, 0.2) is 0 Å². The van der Waals surface area contributed by atoms with E-state index >= 15 is 0 Å². The number of carbonyl (C=O) groups excluding carboxylic acids is 4. The van der Waals surface area contributed by atoms with Crippen molar-refractivity contribution in [2.24, 2.45) is 0 Å². The Hall–Kier alpha value is -1.92. The molecule has 3 amide bonds. The van der Waals surface area contributed by atoms with Crippen molar-refractivity contribution in [3.63, 3.8) is 0 Å². The van der Waals surface area contributed by atoms with Gasteiger partial charge in [-0.25, -0.2) is 4.79 Å². The third kappa shape index (κ3) is 4.99. The maximum atomic E-state index is 11.5. The van der Waals surface area contributed by atoms with E-state index in [4.69, 9.17) is 4.84 Å². The third-order valence-corrected chi connectivity index (χ3v) is 2.86. The van der Waals surface area contributed by atoms with Crippen molar-refractivity contribution in [1.82, 2.24) is 10.4 Å². The van der Waals surface area contributed by atoms with Crippen molar-refractivity contribution in [2.45, 2.75) is 58.4 Å². The molecule has 0 spiro atoms. The van der Waals surface area contributed by atoms with Crippen LogP contribution >= 0.6 is 0 Å². The van der Waals surface area contributed by atoms with Gasteiger partial charge in [0.05, 0.1) is 0 Å². The molecule has 7 heteroatoms. The van der Waals surface area contributed by atoms with Gasteiger partial charge in [0, 0.05) is 31.7 Å². The first kappa shape index (κ1) is 16.1. The molecule has 0 bridgehead atoms. The molecule has 112 valence electrons. The van der Waals surface area contributed by atoms with E-state index in [9.17, 15) is 19.2 Å². The molecule has 0 aromatic heterocycles. The Morgan fingerprint density at radius 3 is 2.40 bits per heavy atom. The highest BCUT2D eigenvalue weighted by molar-refractivity contribution is 6.01. The van der Waals surface area contributed by atoms with Gasteiger partial charge in [-0.3, -0.25) is 14.4 Å². The summed E-state index contributed by atoms with van der Waals surface area (Å²) in [5, 5.41) is 3.28. The molecule has 0 aliphatic carbocycles. The quantitative estimate of drug-likeness (QED) is 0.694. The van der Waals surface area contributed by atoms with Gasteiger partial charge in [0.15, 0.2) is 0 Å². The molecule has 1 rings (SSSR count). The van der Waals surface area contributed by atoms with E-state index in [1.165, 1.54) is 0 Å². The molecule has 7 nitrogen and oxygen atoms in total. The van der Waals surface area contributed by atoms with Crippen LogP contribution in [-0.4, -0.2) is 34.8 Å². The fourth-order valence-electron chi connectivity index (χ4n) is 1.79. The topological polar surface area (TPSA) is 92.8 Å². The highest BCUT2D eigenvalue weighted by Crippen LogP contribution is 2.13. The van der Waals surface area contributed by atoms with Crippen LogP contribution in [0, 0.1) is 0 Å². The van der Waals surface area contributed by atoms with Crippen molar-refractivity contribution in [3.05, 3.63) is 0 Å². The zero-order valence-electron chi connectivity index (χ0n) is 11.8. The Balaban J connectivity index is 2.27. The molecular formula is C13H20N2O5. The molecule has 1 heterocycles. The Labute approximate surface area is 117 Å². The first-order chi connectivity index (χ1) is 9.43. The van der Waals surface area contributed by atoms with Crippen LogP contribution in [0.3, 0.4) is 0 Å². The lowest BCUT2D eigenvalue weighted by Crippen LogP contribution is -2.34. The van der Waals surface area contributed by atoms with Gasteiger partial charge in [-0.05, 0) is 19.8 Å². The molecule has 0 aromatic rings. The molecule has 1 atom stereocenters. The van der Waals surface area contributed by atoms with Crippen LogP contribution in [0.1, 0.15) is 52.4 Å². The second kappa shape index (κ2) is 7.62. The average Bonchev–Trinajstić information content (AvgIpc) is 2.68. The standard InChI is InChI=1S/C13H20N2O5/c1-3-4-10(16)14-9(2)5-8-13(19)20-15-11(17)6-7-12(15)18/h9H,3-8H2,1-2H3,(H,14,16). The van der Waals surface area contributed by atoms with Crippen LogP contribution in [0.5, 0.6) is 0 Å². The van der Waals surface area contributed by atoms with Gasteiger partial charge in [0.2, 0.25) is 5.91 Å². The molecular weight excluding hydrogens is 264 g/mol. The Bertz CT molecular complexity index is 392. The summed E-state index contributed by atoms with van der Waals surface area (Å²) in [6, 6.07) is -0.161. The lowest BCUT2D eigenvalue weighted by Gasteiger charge is -2.15. The third-order valence-electron chi connectivity index (χ3n) is 2.86. The minimum Gasteiger partial charge on any atom is -0.354 e. The SMILES string of the molecule is CCCC(=O)NC(C)CCC(=O)ON1C(=O)CCC1=O. The molecule has 1 unspecified atom stereocenters. The van der Waals surface area contributed by atoms with Gasteiger partial charge in [0.1, 0.15) is 0 Å². The van der Waals surface area contributed by atoms with Crippen LogP contribution in [0.2, 0.25) is 0 Å². The van der Waals surface area contributed by atoms with Gasteiger partial charge in [-0.2, -0.15) is 0 Å². The number of nitrogens with zero attached hydrogens (tertiary/aromatic N) is 1. The normalized spacial score (nSPS) is 16.2. The van der Waals surface area contributed by atoms with E-state index in [2.05, 4.69) is 5.32 Å². The summed E-state index contributed by atoms with van der Waals surface area (Å²) in [6.45, 7) is 3.69. The molecule has 20 heavy (non-hydrogen) atoms. The average molecular weight is 284 g/mol. The number of carbonyl (C=O) groups is 4. The first-order valence-electron chi connectivity index (χ1n) is 6.80. The van der Waals surface area contributed by atoms with E-state index in [-0.39, 0.29) is 31.2 Å². The van der Waals surface area contributed by atoms with Crippen LogP contribution in [0.25, 0.3) is 0 Å². The van der Waals surface area contributed by atoms with E-state index in [1.54, 1.807) is 6.92 Å².